The van der Waals surface area contributed by atoms with Gasteiger partial charge >= 0.3 is 0 Å². The lowest BCUT2D eigenvalue weighted by atomic mass is 10.0. The molecule has 2 aliphatic rings. The average molecular weight is 199 g/mol. The van der Waals surface area contributed by atoms with Crippen molar-refractivity contribution in [2.24, 2.45) is 5.41 Å². The Kier molecular flexibility index (Phi) is 3.10. The minimum absolute atomic E-state index is 0.0953. The predicted octanol–water partition coefficient (Wildman–Crippen LogP) is 0.870. The lowest BCUT2D eigenvalue weighted by Gasteiger charge is -2.32. The van der Waals surface area contributed by atoms with Crippen molar-refractivity contribution >= 4 is 0 Å². The molecule has 0 bridgehead atoms. The minimum Gasteiger partial charge on any atom is -0.392 e. The zero-order valence-electron chi connectivity index (χ0n) is 9.04. The number of rotatable bonds is 4. The Morgan fingerprint density at radius 3 is 2.86 bits per heavy atom. The van der Waals surface area contributed by atoms with Crippen LogP contribution in [-0.4, -0.2) is 49.5 Å². The monoisotopic (exact) mass is 199 g/mol. The van der Waals surface area contributed by atoms with E-state index in [9.17, 15) is 5.11 Å². The number of piperidine rings is 1. The Morgan fingerprint density at radius 2 is 2.29 bits per heavy atom. The van der Waals surface area contributed by atoms with Crippen LogP contribution in [0, 0.1) is 5.41 Å². The normalized spacial score (nSPS) is 31.7. The maximum absolute atomic E-state index is 9.55. The van der Waals surface area contributed by atoms with Crippen molar-refractivity contribution in [3.8, 4) is 0 Å². The summed E-state index contributed by atoms with van der Waals surface area (Å²) in [6.07, 6.45) is 4.63. The summed E-state index contributed by atoms with van der Waals surface area (Å²) < 4.78 is 5.25. The van der Waals surface area contributed by atoms with Crippen LogP contribution in [0.1, 0.15) is 25.7 Å². The molecule has 1 aliphatic heterocycles. The summed E-state index contributed by atoms with van der Waals surface area (Å²) in [5.74, 6) is 0. The number of likely N-dealkylation sites (tertiary alicyclic amines) is 1. The predicted molar refractivity (Wildman–Crippen MR) is 55.2 cm³/mol. The third kappa shape index (κ3) is 2.47. The molecule has 3 nitrogen and oxygen atoms in total. The van der Waals surface area contributed by atoms with Crippen LogP contribution < -0.4 is 0 Å². The molecule has 2 rings (SSSR count). The number of aliphatic hydroxyl groups is 1. The van der Waals surface area contributed by atoms with Crippen molar-refractivity contribution < 1.29 is 9.84 Å². The molecule has 14 heavy (non-hydrogen) atoms. The van der Waals surface area contributed by atoms with Crippen LogP contribution in [0.3, 0.4) is 0 Å². The zero-order chi connectivity index (χ0) is 10.0. The molecule has 1 aliphatic carbocycles. The number of nitrogens with zero attached hydrogens (tertiary/aromatic N) is 1. The molecule has 0 aromatic carbocycles. The second-order valence-corrected chi connectivity index (χ2v) is 4.96. The van der Waals surface area contributed by atoms with Gasteiger partial charge in [-0.1, -0.05) is 0 Å². The first-order valence-corrected chi connectivity index (χ1v) is 5.63. The first-order valence-electron chi connectivity index (χ1n) is 5.63. The summed E-state index contributed by atoms with van der Waals surface area (Å²) >= 11 is 0. The van der Waals surface area contributed by atoms with Gasteiger partial charge in [-0.15, -0.1) is 0 Å². The third-order valence-electron chi connectivity index (χ3n) is 3.45. The van der Waals surface area contributed by atoms with Gasteiger partial charge < -0.3 is 14.7 Å². The number of hydrogen-bond acceptors (Lipinski definition) is 3. The quantitative estimate of drug-likeness (QED) is 0.729. The molecule has 3 heteroatoms. The standard InChI is InChI=1S/C11H21NO2/c1-14-9-11(4-5-11)8-12-6-2-3-10(13)7-12/h10,13H,2-9H2,1H3. The summed E-state index contributed by atoms with van der Waals surface area (Å²) in [6.45, 7) is 4.03. The van der Waals surface area contributed by atoms with Gasteiger partial charge in [-0.05, 0) is 32.2 Å². The summed E-state index contributed by atoms with van der Waals surface area (Å²) in [7, 11) is 1.78. The fourth-order valence-electron chi connectivity index (χ4n) is 2.48. The summed E-state index contributed by atoms with van der Waals surface area (Å²) in [6, 6.07) is 0. The molecular weight excluding hydrogens is 178 g/mol. The van der Waals surface area contributed by atoms with Gasteiger partial charge in [0, 0.05) is 25.6 Å². The molecule has 0 spiro atoms. The maximum atomic E-state index is 9.55. The van der Waals surface area contributed by atoms with Crippen molar-refractivity contribution in [3.63, 3.8) is 0 Å². The zero-order valence-corrected chi connectivity index (χ0v) is 9.04. The van der Waals surface area contributed by atoms with Crippen LogP contribution in [0.4, 0.5) is 0 Å². The van der Waals surface area contributed by atoms with E-state index in [1.54, 1.807) is 7.11 Å². The number of β-amino-alcohol motifs (C(OH)–C–C–N with tert-alkyl or cyclic N) is 1. The summed E-state index contributed by atoms with van der Waals surface area (Å²) in [5, 5.41) is 9.55. The van der Waals surface area contributed by atoms with Crippen LogP contribution in [0.25, 0.3) is 0 Å². The van der Waals surface area contributed by atoms with E-state index in [4.69, 9.17) is 4.74 Å². The smallest absolute Gasteiger partial charge is 0.0667 e. The van der Waals surface area contributed by atoms with Gasteiger partial charge in [-0.25, -0.2) is 0 Å². The molecule has 1 unspecified atom stereocenters. The number of methoxy groups -OCH3 is 1. The average Bonchev–Trinajstić information content (AvgIpc) is 2.85. The minimum atomic E-state index is -0.0953. The van der Waals surface area contributed by atoms with Gasteiger partial charge in [-0.2, -0.15) is 0 Å². The van der Waals surface area contributed by atoms with E-state index in [1.807, 2.05) is 0 Å². The second kappa shape index (κ2) is 4.17. The molecule has 0 aromatic heterocycles. The fraction of sp³-hybridized carbons (Fsp3) is 1.00. The van der Waals surface area contributed by atoms with Crippen LogP contribution in [0.15, 0.2) is 0 Å². The van der Waals surface area contributed by atoms with Gasteiger partial charge in [0.05, 0.1) is 12.7 Å². The molecule has 1 saturated carbocycles. The Morgan fingerprint density at radius 1 is 1.50 bits per heavy atom. The topological polar surface area (TPSA) is 32.7 Å². The molecule has 2 fully saturated rings. The Hall–Kier alpha value is -0.120. The molecule has 1 atom stereocenters. The second-order valence-electron chi connectivity index (χ2n) is 4.96. The molecule has 1 saturated heterocycles. The van der Waals surface area contributed by atoms with E-state index in [1.165, 1.54) is 12.8 Å². The van der Waals surface area contributed by atoms with E-state index in [2.05, 4.69) is 4.90 Å². The first kappa shape index (κ1) is 10.4. The summed E-state index contributed by atoms with van der Waals surface area (Å²) in [4.78, 5) is 2.40. The Balaban J connectivity index is 1.79. The van der Waals surface area contributed by atoms with Crippen LogP contribution >= 0.6 is 0 Å². The van der Waals surface area contributed by atoms with Gasteiger partial charge in [0.25, 0.3) is 0 Å². The third-order valence-corrected chi connectivity index (χ3v) is 3.45. The highest BCUT2D eigenvalue weighted by Crippen LogP contribution is 2.46. The molecule has 0 aromatic rings. The van der Waals surface area contributed by atoms with E-state index in [-0.39, 0.29) is 6.10 Å². The molecule has 0 amide bonds. The van der Waals surface area contributed by atoms with Crippen LogP contribution in [0.2, 0.25) is 0 Å². The van der Waals surface area contributed by atoms with Gasteiger partial charge in [0.1, 0.15) is 0 Å². The van der Waals surface area contributed by atoms with Crippen molar-refractivity contribution in [2.45, 2.75) is 31.8 Å². The van der Waals surface area contributed by atoms with Crippen LogP contribution in [0.5, 0.6) is 0 Å². The van der Waals surface area contributed by atoms with E-state index in [0.717, 1.165) is 39.1 Å². The highest BCUT2D eigenvalue weighted by atomic mass is 16.5. The van der Waals surface area contributed by atoms with E-state index < -0.39 is 0 Å². The molecule has 0 radical (unpaired) electrons. The lowest BCUT2D eigenvalue weighted by Crippen LogP contribution is -2.42. The highest BCUT2D eigenvalue weighted by Gasteiger charge is 2.44. The Labute approximate surface area is 86.0 Å². The fourth-order valence-corrected chi connectivity index (χ4v) is 2.48. The van der Waals surface area contributed by atoms with Gasteiger partial charge in [0.2, 0.25) is 0 Å². The van der Waals surface area contributed by atoms with Crippen molar-refractivity contribution in [2.75, 3.05) is 33.4 Å². The first-order chi connectivity index (χ1) is 6.74. The molecule has 82 valence electrons. The largest absolute Gasteiger partial charge is 0.392 e. The molecule has 1 heterocycles. The van der Waals surface area contributed by atoms with Crippen molar-refractivity contribution in [3.05, 3.63) is 0 Å². The molecule has 1 N–H and O–H groups in total. The van der Waals surface area contributed by atoms with Crippen LogP contribution in [-0.2, 0) is 4.74 Å². The van der Waals surface area contributed by atoms with E-state index >= 15 is 0 Å². The lowest BCUT2D eigenvalue weighted by molar-refractivity contribution is 0.0437. The number of hydrogen-bond donors (Lipinski definition) is 1. The highest BCUT2D eigenvalue weighted by molar-refractivity contribution is 4.96. The SMILES string of the molecule is COCC1(CN2CCCC(O)C2)CC1. The van der Waals surface area contributed by atoms with Crippen molar-refractivity contribution in [1.29, 1.82) is 0 Å². The van der Waals surface area contributed by atoms with Gasteiger partial charge in [-0.3, -0.25) is 0 Å². The molecular formula is C11H21NO2. The maximum Gasteiger partial charge on any atom is 0.0667 e. The van der Waals surface area contributed by atoms with E-state index in [0.29, 0.717) is 5.41 Å². The Bertz CT molecular complexity index is 192. The van der Waals surface area contributed by atoms with Gasteiger partial charge in [0.15, 0.2) is 0 Å². The number of aliphatic hydroxyl groups excluding tert-OH is 1. The van der Waals surface area contributed by atoms with Crippen molar-refractivity contribution in [1.82, 2.24) is 4.90 Å². The number of ether oxygens (including phenoxy) is 1. The summed E-state index contributed by atoms with van der Waals surface area (Å²) in [5.41, 5.74) is 0.436.